The van der Waals surface area contributed by atoms with E-state index in [1.165, 1.54) is 12.2 Å². The van der Waals surface area contributed by atoms with Crippen LogP contribution >= 0.6 is 23.2 Å². The lowest BCUT2D eigenvalue weighted by Gasteiger charge is -2.07. The minimum absolute atomic E-state index is 0.161. The van der Waals surface area contributed by atoms with Gasteiger partial charge in [0, 0.05) is 17.7 Å². The molecule has 0 aromatic rings. The van der Waals surface area contributed by atoms with Crippen LogP contribution in [0, 0.1) is 0 Å². The van der Waals surface area contributed by atoms with Crippen molar-refractivity contribution in [1.29, 1.82) is 0 Å². The molecular weight excluding hydrogens is 183 g/mol. The second-order valence-corrected chi connectivity index (χ2v) is 2.90. The highest BCUT2D eigenvalue weighted by molar-refractivity contribution is 6.41. The van der Waals surface area contributed by atoms with Gasteiger partial charge in [-0.25, -0.2) is 0 Å². The number of carbonyl (C=O) groups is 1. The van der Waals surface area contributed by atoms with Crippen molar-refractivity contribution in [1.82, 2.24) is 0 Å². The van der Waals surface area contributed by atoms with Crippen LogP contribution in [-0.2, 0) is 4.79 Å². The zero-order chi connectivity index (χ0) is 8.43. The molecule has 3 heteroatoms. The molecule has 0 unspecified atom stereocenters. The van der Waals surface area contributed by atoms with Crippen molar-refractivity contribution in [2.24, 2.45) is 0 Å². The molecule has 1 aliphatic carbocycles. The van der Waals surface area contributed by atoms with E-state index in [9.17, 15) is 4.79 Å². The van der Waals surface area contributed by atoms with Gasteiger partial charge in [-0.3, -0.25) is 4.79 Å². The Balaban J connectivity index is 3.11. The number of hydrogen-bond donors (Lipinski definition) is 0. The van der Waals surface area contributed by atoms with E-state index >= 15 is 0 Å². The Morgan fingerprint density at radius 3 is 2.09 bits per heavy atom. The van der Waals surface area contributed by atoms with E-state index < -0.39 is 0 Å². The molecule has 11 heavy (non-hydrogen) atoms. The topological polar surface area (TPSA) is 17.1 Å². The third kappa shape index (κ3) is 1.73. The second-order valence-electron chi connectivity index (χ2n) is 2.09. The van der Waals surface area contributed by atoms with Crippen molar-refractivity contribution in [3.05, 3.63) is 33.9 Å². The molecule has 1 rings (SSSR count). The summed E-state index contributed by atoms with van der Waals surface area (Å²) >= 11 is 11.4. The lowest BCUT2D eigenvalue weighted by molar-refractivity contribution is -0.110. The number of ketones is 1. The van der Waals surface area contributed by atoms with Crippen LogP contribution in [-0.4, -0.2) is 5.78 Å². The predicted molar refractivity (Wildman–Crippen MR) is 46.6 cm³/mol. The van der Waals surface area contributed by atoms with Crippen LogP contribution in [0.4, 0.5) is 0 Å². The fourth-order valence-electron chi connectivity index (χ4n) is 0.837. The molecule has 0 fully saturated rings. The van der Waals surface area contributed by atoms with Crippen LogP contribution in [0.1, 0.15) is 6.92 Å². The first-order chi connectivity index (χ1) is 5.15. The molecule has 0 aliphatic heterocycles. The number of rotatable bonds is 0. The fraction of sp³-hybridized carbons (Fsp3) is 0.125. The van der Waals surface area contributed by atoms with Gasteiger partial charge in [0.2, 0.25) is 0 Å². The van der Waals surface area contributed by atoms with Crippen molar-refractivity contribution in [3.63, 3.8) is 0 Å². The molecule has 0 saturated carbocycles. The fourth-order valence-corrected chi connectivity index (χ4v) is 1.52. The SMILES string of the molecule is CC=C1C(Cl)=CC(=O)C=C1Cl. The normalized spacial score (nSPS) is 17.7. The maximum Gasteiger partial charge on any atom is 0.181 e. The number of allylic oxidation sites excluding steroid dienone is 6. The molecule has 58 valence electrons. The summed E-state index contributed by atoms with van der Waals surface area (Å²) in [5.41, 5.74) is 0.716. The number of carbonyl (C=O) groups excluding carboxylic acids is 1. The van der Waals surface area contributed by atoms with Crippen LogP contribution in [0.5, 0.6) is 0 Å². The summed E-state index contributed by atoms with van der Waals surface area (Å²) in [6.07, 6.45) is 4.47. The molecule has 0 atom stereocenters. The first-order valence-corrected chi connectivity index (χ1v) is 3.86. The maximum atomic E-state index is 10.8. The third-order valence-electron chi connectivity index (χ3n) is 1.34. The van der Waals surface area contributed by atoms with Crippen LogP contribution in [0.2, 0.25) is 0 Å². The first-order valence-electron chi connectivity index (χ1n) is 3.10. The van der Waals surface area contributed by atoms with E-state index in [0.717, 1.165) is 0 Å². The molecule has 0 N–H and O–H groups in total. The predicted octanol–water partition coefficient (Wildman–Crippen LogP) is 2.76. The minimum Gasteiger partial charge on any atom is -0.290 e. The number of hydrogen-bond acceptors (Lipinski definition) is 1. The molecule has 0 heterocycles. The Kier molecular flexibility index (Phi) is 2.53. The van der Waals surface area contributed by atoms with E-state index in [-0.39, 0.29) is 5.78 Å². The van der Waals surface area contributed by atoms with E-state index in [2.05, 4.69) is 0 Å². The monoisotopic (exact) mass is 188 g/mol. The van der Waals surface area contributed by atoms with E-state index in [1.807, 2.05) is 6.92 Å². The van der Waals surface area contributed by atoms with Crippen molar-refractivity contribution in [2.45, 2.75) is 6.92 Å². The lowest BCUT2D eigenvalue weighted by Crippen LogP contribution is -1.98. The Hall–Kier alpha value is -0.530. The van der Waals surface area contributed by atoms with Crippen LogP contribution in [0.3, 0.4) is 0 Å². The van der Waals surface area contributed by atoms with Gasteiger partial charge < -0.3 is 0 Å². The van der Waals surface area contributed by atoms with Gasteiger partial charge in [-0.05, 0) is 6.92 Å². The molecule has 0 bridgehead atoms. The van der Waals surface area contributed by atoms with Crippen molar-refractivity contribution in [3.8, 4) is 0 Å². The average molecular weight is 189 g/mol. The second kappa shape index (κ2) is 3.24. The highest BCUT2D eigenvalue weighted by Crippen LogP contribution is 2.28. The van der Waals surface area contributed by atoms with Crippen molar-refractivity contribution >= 4 is 29.0 Å². The molecule has 0 radical (unpaired) electrons. The summed E-state index contributed by atoms with van der Waals surface area (Å²) in [4.78, 5) is 10.8. The van der Waals surface area contributed by atoms with Gasteiger partial charge >= 0.3 is 0 Å². The Labute approximate surface area is 75.0 Å². The van der Waals surface area contributed by atoms with Gasteiger partial charge in [-0.15, -0.1) is 0 Å². The molecular formula is C8H6Cl2O. The summed E-state index contributed by atoms with van der Waals surface area (Å²) in [7, 11) is 0. The Morgan fingerprint density at radius 2 is 1.73 bits per heavy atom. The average Bonchev–Trinajstić information content (AvgIpc) is 1.85. The van der Waals surface area contributed by atoms with Gasteiger partial charge in [0.15, 0.2) is 5.78 Å². The molecule has 1 aliphatic rings. The maximum absolute atomic E-state index is 10.8. The molecule has 0 amide bonds. The highest BCUT2D eigenvalue weighted by atomic mass is 35.5. The summed E-state index contributed by atoms with van der Waals surface area (Å²) in [6.45, 7) is 1.82. The van der Waals surface area contributed by atoms with Gasteiger partial charge in [0.05, 0.1) is 10.1 Å². The lowest BCUT2D eigenvalue weighted by atomic mass is 10.1. The zero-order valence-electron chi connectivity index (χ0n) is 5.90. The van der Waals surface area contributed by atoms with E-state index in [0.29, 0.717) is 15.6 Å². The molecule has 0 saturated heterocycles. The molecule has 0 aromatic heterocycles. The van der Waals surface area contributed by atoms with E-state index in [4.69, 9.17) is 23.2 Å². The van der Waals surface area contributed by atoms with Gasteiger partial charge in [-0.2, -0.15) is 0 Å². The van der Waals surface area contributed by atoms with Crippen molar-refractivity contribution < 1.29 is 4.79 Å². The summed E-state index contributed by atoms with van der Waals surface area (Å²) < 4.78 is 0. The minimum atomic E-state index is -0.161. The highest BCUT2D eigenvalue weighted by Gasteiger charge is 2.13. The molecule has 1 nitrogen and oxygen atoms in total. The van der Waals surface area contributed by atoms with Crippen LogP contribution in [0.25, 0.3) is 0 Å². The quantitative estimate of drug-likeness (QED) is 0.572. The first kappa shape index (κ1) is 8.57. The van der Waals surface area contributed by atoms with Gasteiger partial charge in [0.25, 0.3) is 0 Å². The van der Waals surface area contributed by atoms with Gasteiger partial charge in [-0.1, -0.05) is 29.3 Å². The van der Waals surface area contributed by atoms with Crippen LogP contribution < -0.4 is 0 Å². The Bertz CT molecular complexity index is 260. The third-order valence-corrected chi connectivity index (χ3v) is 1.97. The van der Waals surface area contributed by atoms with E-state index in [1.54, 1.807) is 6.08 Å². The summed E-state index contributed by atoms with van der Waals surface area (Å²) in [5.74, 6) is -0.161. The smallest absolute Gasteiger partial charge is 0.181 e. The largest absolute Gasteiger partial charge is 0.290 e. The van der Waals surface area contributed by atoms with Crippen molar-refractivity contribution in [2.75, 3.05) is 0 Å². The molecule has 0 aromatic carbocycles. The van der Waals surface area contributed by atoms with Gasteiger partial charge in [0.1, 0.15) is 0 Å². The van der Waals surface area contributed by atoms with Crippen LogP contribution in [0.15, 0.2) is 33.9 Å². The Morgan fingerprint density at radius 1 is 1.27 bits per heavy atom. The summed E-state index contributed by atoms with van der Waals surface area (Å²) in [6, 6.07) is 0. The standard InChI is InChI=1S/C8H6Cl2O/c1-2-6-7(9)3-5(11)4-8(6)10/h2-4H,1H3. The number of halogens is 2. The zero-order valence-corrected chi connectivity index (χ0v) is 7.41. The summed E-state index contributed by atoms with van der Waals surface area (Å²) in [5, 5.41) is 0.815. The molecule has 0 spiro atoms.